The molecule has 3 rings (SSSR count). The summed E-state index contributed by atoms with van der Waals surface area (Å²) in [6.07, 6.45) is 4.85. The van der Waals surface area contributed by atoms with E-state index in [9.17, 15) is 4.79 Å². The third-order valence-corrected chi connectivity index (χ3v) is 8.39. The Kier molecular flexibility index (Phi) is 7.00. The predicted molar refractivity (Wildman–Crippen MR) is 104 cm³/mol. The molecule has 0 saturated heterocycles. The Hall–Kier alpha value is -0.570. The van der Waals surface area contributed by atoms with Crippen LogP contribution in [-0.2, 0) is 10.5 Å². The van der Waals surface area contributed by atoms with Crippen LogP contribution in [0.25, 0.3) is 0 Å². The minimum absolute atomic E-state index is 0.113. The van der Waals surface area contributed by atoms with Gasteiger partial charge in [0.1, 0.15) is 0 Å². The molecule has 130 valence electrons. The largest absolute Gasteiger partial charge is 0.352 e. The Morgan fingerprint density at radius 3 is 2.83 bits per heavy atom. The van der Waals surface area contributed by atoms with Crippen molar-refractivity contribution < 1.29 is 4.79 Å². The van der Waals surface area contributed by atoms with Gasteiger partial charge < -0.3 is 5.32 Å². The summed E-state index contributed by atoms with van der Waals surface area (Å²) in [4.78, 5) is 13.5. The molecule has 2 aromatic rings. The first-order valence-corrected chi connectivity index (χ1v) is 11.8. The number of nitrogens with one attached hydrogen (secondary N) is 1. The summed E-state index contributed by atoms with van der Waals surface area (Å²) in [6, 6.07) is 4.54. The molecular formula is C16H21N3OS4. The summed E-state index contributed by atoms with van der Waals surface area (Å²) in [5.41, 5.74) is 0. The zero-order chi connectivity index (χ0) is 16.8. The quantitative estimate of drug-likeness (QED) is 0.685. The molecule has 0 unspecified atom stereocenters. The fourth-order valence-corrected chi connectivity index (χ4v) is 6.35. The number of thioether (sulfide) groups is 2. The average molecular weight is 400 g/mol. The van der Waals surface area contributed by atoms with Crippen LogP contribution in [0.5, 0.6) is 0 Å². The van der Waals surface area contributed by atoms with Gasteiger partial charge in [-0.05, 0) is 30.2 Å². The van der Waals surface area contributed by atoms with Crippen LogP contribution in [0.4, 0.5) is 0 Å². The lowest BCUT2D eigenvalue weighted by atomic mass is 9.86. The number of amides is 1. The summed E-state index contributed by atoms with van der Waals surface area (Å²) < 4.78 is 1.84. The van der Waals surface area contributed by atoms with Crippen LogP contribution >= 0.6 is 46.2 Å². The highest BCUT2D eigenvalue weighted by molar-refractivity contribution is 8.03. The maximum Gasteiger partial charge on any atom is 0.230 e. The van der Waals surface area contributed by atoms with Crippen LogP contribution < -0.4 is 5.32 Å². The van der Waals surface area contributed by atoms with Crippen molar-refractivity contribution in [2.75, 3.05) is 5.75 Å². The van der Waals surface area contributed by atoms with Crippen LogP contribution in [0.1, 0.15) is 37.5 Å². The molecule has 1 aliphatic rings. The normalized spacial score (nSPS) is 20.9. The van der Waals surface area contributed by atoms with E-state index in [-0.39, 0.29) is 5.91 Å². The first-order chi connectivity index (χ1) is 11.7. The molecule has 24 heavy (non-hydrogen) atoms. The Labute approximate surface area is 159 Å². The number of nitrogens with zero attached hydrogens (tertiary/aromatic N) is 2. The molecule has 1 aliphatic carbocycles. The van der Waals surface area contributed by atoms with Gasteiger partial charge >= 0.3 is 0 Å². The van der Waals surface area contributed by atoms with E-state index >= 15 is 0 Å². The highest BCUT2D eigenvalue weighted by atomic mass is 32.2. The number of hydrogen-bond acceptors (Lipinski definition) is 7. The highest BCUT2D eigenvalue weighted by Crippen LogP contribution is 2.31. The second-order valence-corrected chi connectivity index (χ2v) is 10.4. The monoisotopic (exact) mass is 399 g/mol. The van der Waals surface area contributed by atoms with Crippen molar-refractivity contribution in [2.24, 2.45) is 5.92 Å². The van der Waals surface area contributed by atoms with E-state index in [4.69, 9.17) is 0 Å². The predicted octanol–water partition coefficient (Wildman–Crippen LogP) is 4.68. The SMILES string of the molecule is C[C@H]1CCCC[C@H]1NC(=O)CSc1nnc(SCc2cccs2)s1. The van der Waals surface area contributed by atoms with Gasteiger partial charge in [0.25, 0.3) is 0 Å². The molecule has 0 spiro atoms. The average Bonchev–Trinajstić information content (AvgIpc) is 3.25. The van der Waals surface area contributed by atoms with Crippen molar-refractivity contribution in [1.82, 2.24) is 15.5 Å². The van der Waals surface area contributed by atoms with Crippen molar-refractivity contribution in [3.63, 3.8) is 0 Å². The van der Waals surface area contributed by atoms with Gasteiger partial charge in [0.2, 0.25) is 5.91 Å². The van der Waals surface area contributed by atoms with Gasteiger partial charge in [-0.15, -0.1) is 21.5 Å². The maximum atomic E-state index is 12.1. The number of carbonyl (C=O) groups excluding carboxylic acids is 1. The molecule has 2 aromatic heterocycles. The summed E-state index contributed by atoms with van der Waals surface area (Å²) in [6.45, 7) is 2.24. The zero-order valence-corrected chi connectivity index (χ0v) is 16.8. The second-order valence-electron chi connectivity index (χ2n) is 5.93. The number of aromatic nitrogens is 2. The molecule has 1 saturated carbocycles. The fraction of sp³-hybridized carbons (Fsp3) is 0.562. The summed E-state index contributed by atoms with van der Waals surface area (Å²) in [7, 11) is 0. The Morgan fingerprint density at radius 2 is 2.08 bits per heavy atom. The molecule has 0 aliphatic heterocycles. The standard InChI is InChI=1S/C16H21N3OS4/c1-11-5-2-3-7-13(11)17-14(20)10-23-16-19-18-15(24-16)22-9-12-6-4-8-21-12/h4,6,8,11,13H,2-3,5,7,9-10H2,1H3,(H,17,20)/t11-,13+/m0/s1. The van der Waals surface area contributed by atoms with Crippen LogP contribution in [0.3, 0.4) is 0 Å². The van der Waals surface area contributed by atoms with Crippen molar-refractivity contribution in [2.45, 2.75) is 53.1 Å². The van der Waals surface area contributed by atoms with Gasteiger partial charge in [-0.25, -0.2) is 0 Å². The molecule has 2 atom stereocenters. The Morgan fingerprint density at radius 1 is 1.29 bits per heavy atom. The van der Waals surface area contributed by atoms with Gasteiger partial charge in [-0.1, -0.05) is 60.7 Å². The molecule has 1 N–H and O–H groups in total. The van der Waals surface area contributed by atoms with Crippen LogP contribution in [0.2, 0.25) is 0 Å². The van der Waals surface area contributed by atoms with Crippen molar-refractivity contribution in [1.29, 1.82) is 0 Å². The first kappa shape index (κ1) is 18.2. The van der Waals surface area contributed by atoms with Crippen molar-refractivity contribution in [3.05, 3.63) is 22.4 Å². The van der Waals surface area contributed by atoms with Gasteiger partial charge in [0, 0.05) is 16.7 Å². The molecule has 0 radical (unpaired) electrons. The lowest BCUT2D eigenvalue weighted by Crippen LogP contribution is -2.41. The fourth-order valence-electron chi connectivity index (χ4n) is 2.75. The molecular weight excluding hydrogens is 378 g/mol. The van der Waals surface area contributed by atoms with Gasteiger partial charge in [-0.2, -0.15) is 0 Å². The van der Waals surface area contributed by atoms with Gasteiger partial charge in [0.05, 0.1) is 5.75 Å². The van der Waals surface area contributed by atoms with E-state index in [1.54, 1.807) is 34.4 Å². The summed E-state index contributed by atoms with van der Waals surface area (Å²) in [5.74, 6) is 2.06. The molecule has 0 bridgehead atoms. The van der Waals surface area contributed by atoms with Crippen LogP contribution in [0.15, 0.2) is 26.2 Å². The number of carbonyl (C=O) groups is 1. The van der Waals surface area contributed by atoms with E-state index in [1.165, 1.54) is 35.9 Å². The Balaban J connectivity index is 1.40. The van der Waals surface area contributed by atoms with E-state index in [1.807, 2.05) is 0 Å². The Bertz CT molecular complexity index is 644. The molecule has 4 nitrogen and oxygen atoms in total. The van der Waals surface area contributed by atoms with E-state index < -0.39 is 0 Å². The number of rotatable bonds is 7. The topological polar surface area (TPSA) is 54.9 Å². The summed E-state index contributed by atoms with van der Waals surface area (Å²) in [5, 5.41) is 13.7. The molecule has 0 aromatic carbocycles. The highest BCUT2D eigenvalue weighted by Gasteiger charge is 2.22. The number of thiophene rings is 1. The first-order valence-electron chi connectivity index (χ1n) is 8.11. The van der Waals surface area contributed by atoms with Crippen LogP contribution in [0, 0.1) is 5.92 Å². The minimum atomic E-state index is 0.113. The smallest absolute Gasteiger partial charge is 0.230 e. The maximum absolute atomic E-state index is 12.1. The van der Waals surface area contributed by atoms with E-state index in [2.05, 4.69) is 40.0 Å². The zero-order valence-electron chi connectivity index (χ0n) is 13.6. The van der Waals surface area contributed by atoms with Crippen LogP contribution in [-0.4, -0.2) is 27.9 Å². The molecule has 1 amide bonds. The van der Waals surface area contributed by atoms with Gasteiger partial charge in [-0.3, -0.25) is 4.79 Å². The second kappa shape index (κ2) is 9.22. The molecule has 8 heteroatoms. The van der Waals surface area contributed by atoms with E-state index in [0.29, 0.717) is 17.7 Å². The lowest BCUT2D eigenvalue weighted by molar-refractivity contribution is -0.119. The third-order valence-electron chi connectivity index (χ3n) is 4.09. The molecule has 2 heterocycles. The summed E-state index contributed by atoms with van der Waals surface area (Å²) >= 11 is 6.52. The minimum Gasteiger partial charge on any atom is -0.352 e. The van der Waals surface area contributed by atoms with Gasteiger partial charge in [0.15, 0.2) is 8.68 Å². The number of hydrogen-bond donors (Lipinski definition) is 1. The lowest BCUT2D eigenvalue weighted by Gasteiger charge is -2.29. The van der Waals surface area contributed by atoms with E-state index in [0.717, 1.165) is 20.9 Å². The third kappa shape index (κ3) is 5.47. The van der Waals surface area contributed by atoms with Crippen molar-refractivity contribution in [3.8, 4) is 0 Å². The van der Waals surface area contributed by atoms with Crippen molar-refractivity contribution >= 4 is 52.1 Å². The molecule has 1 fully saturated rings.